The number of methoxy groups -OCH3 is 1. The smallest absolute Gasteiger partial charge is 0.280 e. The summed E-state index contributed by atoms with van der Waals surface area (Å²) < 4.78 is 6.18. The number of carbonyl (C=O) groups is 1. The Balaban J connectivity index is 1.77. The van der Waals surface area contributed by atoms with E-state index in [1.807, 2.05) is 0 Å². The van der Waals surface area contributed by atoms with E-state index >= 15 is 0 Å². The van der Waals surface area contributed by atoms with E-state index in [4.69, 9.17) is 4.74 Å². The maximum Gasteiger partial charge on any atom is 0.280 e. The van der Waals surface area contributed by atoms with E-state index in [-0.39, 0.29) is 17.9 Å². The minimum Gasteiger partial charge on any atom is -0.497 e. The van der Waals surface area contributed by atoms with Crippen molar-refractivity contribution in [2.75, 3.05) is 12.5 Å². The van der Waals surface area contributed by atoms with E-state index in [2.05, 4.69) is 10.4 Å². The van der Waals surface area contributed by atoms with Crippen LogP contribution in [0.1, 0.15) is 5.56 Å². The number of para-hydroxylation sites is 1. The predicted molar refractivity (Wildman–Crippen MR) is 87.1 cm³/mol. The van der Waals surface area contributed by atoms with Gasteiger partial charge in [0.05, 0.1) is 24.4 Å². The van der Waals surface area contributed by atoms with Crippen LogP contribution in [-0.4, -0.2) is 22.7 Å². The van der Waals surface area contributed by atoms with Crippen LogP contribution in [0.25, 0.3) is 10.9 Å². The van der Waals surface area contributed by atoms with E-state index in [9.17, 15) is 9.59 Å². The third kappa shape index (κ3) is 3.21. The van der Waals surface area contributed by atoms with Crippen LogP contribution in [0, 0.1) is 0 Å². The lowest BCUT2D eigenvalue weighted by atomic mass is 10.1. The minimum atomic E-state index is -0.307. The number of benzene rings is 2. The summed E-state index contributed by atoms with van der Waals surface area (Å²) in [5.41, 5.74) is 3.66. The Labute approximate surface area is 132 Å². The number of nitrogens with zero attached hydrogens (tertiary/aromatic N) is 2. The zero-order chi connectivity index (χ0) is 16.2. The Bertz CT molecular complexity index is 901. The molecule has 0 radical (unpaired) electrons. The molecule has 0 atom stereocenters. The molecule has 0 saturated heterocycles. The average molecular weight is 309 g/mol. The molecular weight excluding hydrogens is 294 g/mol. The second-order valence-electron chi connectivity index (χ2n) is 5.00. The second-order valence-corrected chi connectivity index (χ2v) is 5.00. The molecule has 116 valence electrons. The van der Waals surface area contributed by atoms with Crippen molar-refractivity contribution in [1.29, 1.82) is 0 Å². The van der Waals surface area contributed by atoms with Gasteiger partial charge in [-0.05, 0) is 29.8 Å². The van der Waals surface area contributed by atoms with Crippen LogP contribution in [0.3, 0.4) is 0 Å². The van der Waals surface area contributed by atoms with Crippen LogP contribution in [0.4, 0.5) is 0 Å². The fourth-order valence-electron chi connectivity index (χ4n) is 2.25. The molecule has 0 spiro atoms. The van der Waals surface area contributed by atoms with Crippen LogP contribution in [0.2, 0.25) is 0 Å². The first-order chi connectivity index (χ1) is 11.2. The number of ether oxygens (including phenoxy) is 1. The molecule has 0 saturated carbocycles. The summed E-state index contributed by atoms with van der Waals surface area (Å²) in [5, 5.41) is 0.458. The van der Waals surface area contributed by atoms with Gasteiger partial charge in [0, 0.05) is 0 Å². The molecule has 6 heteroatoms. The molecule has 1 aromatic heterocycles. The Morgan fingerprint density at radius 2 is 1.91 bits per heavy atom. The number of aromatic nitrogens is 2. The van der Waals surface area contributed by atoms with Crippen molar-refractivity contribution in [1.82, 2.24) is 9.66 Å². The predicted octanol–water partition coefficient (Wildman–Crippen LogP) is 1.72. The van der Waals surface area contributed by atoms with Gasteiger partial charge in [0.1, 0.15) is 12.1 Å². The standard InChI is InChI=1S/C17H15N3O3/c1-23-13-8-6-12(7-9-13)10-16(21)19-20-11-18-15-5-3-2-4-14(15)17(20)22/h2-9,11H,10H2,1H3,(H,19,21). The van der Waals surface area contributed by atoms with Crippen molar-refractivity contribution in [2.24, 2.45) is 0 Å². The molecule has 3 aromatic rings. The second kappa shape index (κ2) is 6.31. The van der Waals surface area contributed by atoms with Crippen molar-refractivity contribution in [2.45, 2.75) is 6.42 Å². The third-order valence-electron chi connectivity index (χ3n) is 3.43. The molecular formula is C17H15N3O3. The van der Waals surface area contributed by atoms with Gasteiger partial charge in [-0.15, -0.1) is 0 Å². The van der Waals surface area contributed by atoms with Crippen molar-refractivity contribution in [3.05, 3.63) is 70.8 Å². The minimum absolute atomic E-state index is 0.156. The maximum atomic E-state index is 12.3. The van der Waals surface area contributed by atoms with Gasteiger partial charge in [0.2, 0.25) is 5.91 Å². The van der Waals surface area contributed by atoms with Crippen molar-refractivity contribution < 1.29 is 9.53 Å². The van der Waals surface area contributed by atoms with Crippen LogP contribution < -0.4 is 15.7 Å². The summed E-state index contributed by atoms with van der Waals surface area (Å²) in [4.78, 5) is 28.5. The lowest BCUT2D eigenvalue weighted by Crippen LogP contribution is -2.34. The average Bonchev–Trinajstić information content (AvgIpc) is 2.58. The Kier molecular flexibility index (Phi) is 4.05. The third-order valence-corrected chi connectivity index (χ3v) is 3.43. The highest BCUT2D eigenvalue weighted by Gasteiger charge is 2.08. The van der Waals surface area contributed by atoms with Crippen LogP contribution >= 0.6 is 0 Å². The first kappa shape index (κ1) is 14.8. The highest BCUT2D eigenvalue weighted by Crippen LogP contribution is 2.11. The summed E-state index contributed by atoms with van der Waals surface area (Å²) in [7, 11) is 1.58. The largest absolute Gasteiger partial charge is 0.497 e. The fourth-order valence-corrected chi connectivity index (χ4v) is 2.25. The van der Waals surface area contributed by atoms with Crippen molar-refractivity contribution in [3.8, 4) is 5.75 Å². The highest BCUT2D eigenvalue weighted by atomic mass is 16.5. The molecule has 1 heterocycles. The summed E-state index contributed by atoms with van der Waals surface area (Å²) in [5.74, 6) is 0.429. The number of fused-ring (bicyclic) bond motifs is 1. The van der Waals surface area contributed by atoms with Gasteiger partial charge in [-0.3, -0.25) is 15.0 Å². The first-order valence-corrected chi connectivity index (χ1v) is 7.06. The molecule has 0 aliphatic carbocycles. The zero-order valence-electron chi connectivity index (χ0n) is 12.5. The molecule has 0 bridgehead atoms. The van der Waals surface area contributed by atoms with Gasteiger partial charge in [0.25, 0.3) is 5.56 Å². The van der Waals surface area contributed by atoms with Crippen LogP contribution in [0.15, 0.2) is 59.7 Å². The van der Waals surface area contributed by atoms with E-state index in [1.165, 1.54) is 6.33 Å². The number of hydrogen-bond acceptors (Lipinski definition) is 4. The molecule has 6 nitrogen and oxygen atoms in total. The number of amides is 1. The number of nitrogens with one attached hydrogen (secondary N) is 1. The highest BCUT2D eigenvalue weighted by molar-refractivity contribution is 5.86. The fraction of sp³-hybridized carbons (Fsp3) is 0.118. The molecule has 1 amide bonds. The van der Waals surface area contributed by atoms with E-state index in [1.54, 1.807) is 55.6 Å². The maximum absolute atomic E-state index is 12.3. The topological polar surface area (TPSA) is 73.2 Å². The Morgan fingerprint density at radius 1 is 1.17 bits per heavy atom. The molecule has 0 aliphatic heterocycles. The van der Waals surface area contributed by atoms with Gasteiger partial charge in [-0.25, -0.2) is 9.66 Å². The zero-order valence-corrected chi connectivity index (χ0v) is 12.5. The summed E-state index contributed by atoms with van der Waals surface area (Å²) >= 11 is 0. The monoisotopic (exact) mass is 309 g/mol. The number of carbonyl (C=O) groups excluding carboxylic acids is 1. The molecule has 0 fully saturated rings. The number of rotatable bonds is 4. The number of hydrogen-bond donors (Lipinski definition) is 1. The quantitative estimate of drug-likeness (QED) is 0.796. The summed E-state index contributed by atoms with van der Waals surface area (Å²) in [6.45, 7) is 0. The van der Waals surface area contributed by atoms with Gasteiger partial charge in [-0.1, -0.05) is 24.3 Å². The van der Waals surface area contributed by atoms with E-state index < -0.39 is 0 Å². The molecule has 23 heavy (non-hydrogen) atoms. The van der Waals surface area contributed by atoms with Gasteiger partial charge >= 0.3 is 0 Å². The van der Waals surface area contributed by atoms with Crippen molar-refractivity contribution in [3.63, 3.8) is 0 Å². The van der Waals surface area contributed by atoms with E-state index in [0.717, 1.165) is 16.0 Å². The van der Waals surface area contributed by atoms with Gasteiger partial charge in [-0.2, -0.15) is 0 Å². The van der Waals surface area contributed by atoms with Crippen LogP contribution in [-0.2, 0) is 11.2 Å². The van der Waals surface area contributed by atoms with Crippen molar-refractivity contribution >= 4 is 16.8 Å². The normalized spacial score (nSPS) is 10.5. The first-order valence-electron chi connectivity index (χ1n) is 7.06. The summed E-state index contributed by atoms with van der Waals surface area (Å²) in [6.07, 6.45) is 1.47. The van der Waals surface area contributed by atoms with E-state index in [0.29, 0.717) is 10.9 Å². The SMILES string of the molecule is COc1ccc(CC(=O)Nn2cnc3ccccc3c2=O)cc1. The molecule has 3 rings (SSSR count). The summed E-state index contributed by atoms with van der Waals surface area (Å²) in [6, 6.07) is 14.2. The molecule has 0 unspecified atom stereocenters. The Morgan fingerprint density at radius 3 is 2.65 bits per heavy atom. The Hall–Kier alpha value is -3.15. The van der Waals surface area contributed by atoms with Crippen LogP contribution in [0.5, 0.6) is 5.75 Å². The lowest BCUT2D eigenvalue weighted by Gasteiger charge is -2.09. The molecule has 0 aliphatic rings. The molecule has 1 N–H and O–H groups in total. The van der Waals surface area contributed by atoms with Gasteiger partial charge in [0.15, 0.2) is 0 Å². The van der Waals surface area contributed by atoms with Gasteiger partial charge < -0.3 is 4.74 Å². The molecule has 2 aromatic carbocycles. The lowest BCUT2D eigenvalue weighted by molar-refractivity contribution is -0.116.